The molecule has 0 amide bonds. The van der Waals surface area contributed by atoms with E-state index in [4.69, 9.17) is 14.6 Å². The lowest BCUT2D eigenvalue weighted by atomic mass is 10.4. The summed E-state index contributed by atoms with van der Waals surface area (Å²) < 4.78 is 10.2. The summed E-state index contributed by atoms with van der Waals surface area (Å²) in [5.41, 5.74) is 0. The maximum Gasteiger partial charge on any atom is 0.0697 e. The minimum Gasteiger partial charge on any atom is -0.394 e. The first-order valence-corrected chi connectivity index (χ1v) is 4.89. The monoisotopic (exact) mass is 191 g/mol. The lowest BCUT2D eigenvalue weighted by molar-refractivity contribution is 0.0901. The van der Waals surface area contributed by atoms with Gasteiger partial charge in [-0.25, -0.2) is 0 Å². The van der Waals surface area contributed by atoms with Crippen LogP contribution in [-0.4, -0.2) is 51.2 Å². The van der Waals surface area contributed by atoms with Gasteiger partial charge in [-0.3, -0.25) is 0 Å². The molecule has 0 heterocycles. The molecule has 0 aromatic heterocycles. The number of hydrogen-bond acceptors (Lipinski definition) is 4. The first-order valence-electron chi connectivity index (χ1n) is 4.89. The summed E-state index contributed by atoms with van der Waals surface area (Å²) in [5.74, 6) is 0. The van der Waals surface area contributed by atoms with Crippen LogP contribution in [-0.2, 0) is 9.47 Å². The van der Waals surface area contributed by atoms with Gasteiger partial charge in [0.2, 0.25) is 0 Å². The van der Waals surface area contributed by atoms with Gasteiger partial charge < -0.3 is 19.9 Å². The number of aliphatic hydroxyl groups excluding tert-OH is 1. The number of nitrogens with one attached hydrogen (secondary N) is 1. The van der Waals surface area contributed by atoms with Gasteiger partial charge in [0.1, 0.15) is 0 Å². The van der Waals surface area contributed by atoms with Crippen LogP contribution in [0.4, 0.5) is 0 Å². The Kier molecular flexibility index (Phi) is 11.7. The van der Waals surface area contributed by atoms with Gasteiger partial charge in [-0.2, -0.15) is 0 Å². The molecule has 0 aliphatic heterocycles. The third kappa shape index (κ3) is 11.8. The molecule has 0 aromatic carbocycles. The molecule has 0 aromatic rings. The van der Waals surface area contributed by atoms with Crippen LogP contribution < -0.4 is 5.32 Å². The van der Waals surface area contributed by atoms with E-state index in [1.807, 2.05) is 6.92 Å². The molecule has 0 rings (SSSR count). The van der Waals surface area contributed by atoms with Crippen LogP contribution >= 0.6 is 0 Å². The lowest BCUT2D eigenvalue weighted by Gasteiger charge is -2.04. The van der Waals surface area contributed by atoms with Crippen molar-refractivity contribution < 1.29 is 14.6 Å². The van der Waals surface area contributed by atoms with Gasteiger partial charge in [-0.05, 0) is 19.9 Å². The van der Waals surface area contributed by atoms with Crippen molar-refractivity contribution in [3.63, 3.8) is 0 Å². The van der Waals surface area contributed by atoms with E-state index >= 15 is 0 Å². The first-order chi connectivity index (χ1) is 6.41. The number of ether oxygens (including phenoxy) is 2. The summed E-state index contributed by atoms with van der Waals surface area (Å²) in [7, 11) is 0. The maximum absolute atomic E-state index is 8.41. The van der Waals surface area contributed by atoms with Crippen molar-refractivity contribution in [1.29, 1.82) is 0 Å². The van der Waals surface area contributed by atoms with Crippen molar-refractivity contribution in [1.82, 2.24) is 5.32 Å². The highest BCUT2D eigenvalue weighted by Gasteiger charge is 1.89. The van der Waals surface area contributed by atoms with Crippen LogP contribution in [0.3, 0.4) is 0 Å². The average molecular weight is 191 g/mol. The Balaban J connectivity index is 2.76. The van der Waals surface area contributed by atoms with Crippen LogP contribution in [0, 0.1) is 0 Å². The molecule has 0 aliphatic carbocycles. The van der Waals surface area contributed by atoms with Gasteiger partial charge in [0, 0.05) is 19.8 Å². The normalized spacial score (nSPS) is 10.6. The molecule has 0 atom stereocenters. The Bertz CT molecular complexity index is 80.9. The van der Waals surface area contributed by atoms with Crippen LogP contribution in [0.25, 0.3) is 0 Å². The molecule has 2 N–H and O–H groups in total. The first kappa shape index (κ1) is 12.8. The zero-order chi connectivity index (χ0) is 9.78. The number of aliphatic hydroxyl groups is 1. The molecule has 0 fully saturated rings. The van der Waals surface area contributed by atoms with Crippen molar-refractivity contribution in [2.75, 3.05) is 46.1 Å². The van der Waals surface area contributed by atoms with Crippen LogP contribution in [0.15, 0.2) is 0 Å². The topological polar surface area (TPSA) is 50.7 Å². The Morgan fingerprint density at radius 3 is 2.62 bits per heavy atom. The largest absolute Gasteiger partial charge is 0.394 e. The molecular weight excluding hydrogens is 170 g/mol. The minimum absolute atomic E-state index is 0.109. The van der Waals surface area contributed by atoms with E-state index in [1.54, 1.807) is 0 Å². The molecule has 0 saturated heterocycles. The van der Waals surface area contributed by atoms with Crippen LogP contribution in [0.2, 0.25) is 0 Å². The number of hydrogen-bond donors (Lipinski definition) is 2. The zero-order valence-electron chi connectivity index (χ0n) is 8.42. The SMILES string of the molecule is CCOCCNCCCOCCO. The van der Waals surface area contributed by atoms with E-state index in [9.17, 15) is 0 Å². The predicted molar refractivity (Wildman–Crippen MR) is 51.9 cm³/mol. The zero-order valence-corrected chi connectivity index (χ0v) is 8.42. The third-order valence-electron chi connectivity index (χ3n) is 1.51. The Hall–Kier alpha value is -0.160. The standard InChI is InChI=1S/C9H21NO3/c1-2-12-8-5-10-4-3-7-13-9-6-11/h10-11H,2-9H2,1H3. The minimum atomic E-state index is 0.109. The number of rotatable bonds is 10. The summed E-state index contributed by atoms with van der Waals surface area (Å²) in [6.45, 7) is 6.64. The van der Waals surface area contributed by atoms with Crippen molar-refractivity contribution in [2.45, 2.75) is 13.3 Å². The van der Waals surface area contributed by atoms with Gasteiger partial charge >= 0.3 is 0 Å². The Morgan fingerprint density at radius 1 is 1.08 bits per heavy atom. The molecular formula is C9H21NO3. The van der Waals surface area contributed by atoms with E-state index < -0.39 is 0 Å². The smallest absolute Gasteiger partial charge is 0.0697 e. The second-order valence-corrected chi connectivity index (χ2v) is 2.64. The maximum atomic E-state index is 8.41. The summed E-state index contributed by atoms with van der Waals surface area (Å²) in [6.07, 6.45) is 0.978. The van der Waals surface area contributed by atoms with Gasteiger partial charge in [0.05, 0.1) is 19.8 Å². The lowest BCUT2D eigenvalue weighted by Crippen LogP contribution is -2.22. The molecule has 0 unspecified atom stereocenters. The van der Waals surface area contributed by atoms with Crippen molar-refractivity contribution in [3.05, 3.63) is 0 Å². The van der Waals surface area contributed by atoms with Crippen molar-refractivity contribution in [3.8, 4) is 0 Å². The molecule has 0 radical (unpaired) electrons. The fraction of sp³-hybridized carbons (Fsp3) is 1.00. The third-order valence-corrected chi connectivity index (χ3v) is 1.51. The van der Waals surface area contributed by atoms with Gasteiger partial charge in [0.15, 0.2) is 0 Å². The highest BCUT2D eigenvalue weighted by atomic mass is 16.5. The Morgan fingerprint density at radius 2 is 1.92 bits per heavy atom. The molecule has 0 aliphatic rings. The van der Waals surface area contributed by atoms with Gasteiger partial charge in [-0.15, -0.1) is 0 Å². The molecule has 4 heteroatoms. The van der Waals surface area contributed by atoms with E-state index in [0.29, 0.717) is 13.2 Å². The van der Waals surface area contributed by atoms with Crippen molar-refractivity contribution in [2.24, 2.45) is 0 Å². The molecule has 4 nitrogen and oxygen atoms in total. The van der Waals surface area contributed by atoms with Gasteiger partial charge in [-0.1, -0.05) is 0 Å². The van der Waals surface area contributed by atoms with Crippen LogP contribution in [0.1, 0.15) is 13.3 Å². The summed E-state index contributed by atoms with van der Waals surface area (Å²) >= 11 is 0. The molecule has 0 bridgehead atoms. The van der Waals surface area contributed by atoms with E-state index in [-0.39, 0.29) is 6.61 Å². The van der Waals surface area contributed by atoms with Crippen molar-refractivity contribution >= 4 is 0 Å². The molecule has 13 heavy (non-hydrogen) atoms. The quantitative estimate of drug-likeness (QED) is 0.478. The summed E-state index contributed by atoms with van der Waals surface area (Å²) in [4.78, 5) is 0. The second kappa shape index (κ2) is 11.8. The van der Waals surface area contributed by atoms with E-state index in [0.717, 1.165) is 32.7 Å². The molecule has 0 spiro atoms. The highest BCUT2D eigenvalue weighted by Crippen LogP contribution is 1.80. The fourth-order valence-electron chi connectivity index (χ4n) is 0.880. The fourth-order valence-corrected chi connectivity index (χ4v) is 0.880. The average Bonchev–Trinajstić information content (AvgIpc) is 2.16. The predicted octanol–water partition coefficient (Wildman–Crippen LogP) is 0.0115. The van der Waals surface area contributed by atoms with Crippen LogP contribution in [0.5, 0.6) is 0 Å². The highest BCUT2D eigenvalue weighted by molar-refractivity contribution is 4.46. The summed E-state index contributed by atoms with van der Waals surface area (Å²) in [5, 5.41) is 11.6. The summed E-state index contributed by atoms with van der Waals surface area (Å²) in [6, 6.07) is 0. The second-order valence-electron chi connectivity index (χ2n) is 2.64. The van der Waals surface area contributed by atoms with Gasteiger partial charge in [0.25, 0.3) is 0 Å². The molecule has 0 saturated carbocycles. The Labute approximate surface area is 80.2 Å². The molecule has 80 valence electrons. The van der Waals surface area contributed by atoms with E-state index in [1.165, 1.54) is 0 Å². The van der Waals surface area contributed by atoms with E-state index in [2.05, 4.69) is 5.32 Å².